The maximum absolute atomic E-state index is 12.2. The largest absolute Gasteiger partial charge is 0.388 e. The minimum atomic E-state index is -0.712. The van der Waals surface area contributed by atoms with Crippen LogP contribution in [0.2, 0.25) is 0 Å². The van der Waals surface area contributed by atoms with Gasteiger partial charge in [-0.1, -0.05) is 31.0 Å². The van der Waals surface area contributed by atoms with Crippen molar-refractivity contribution in [1.82, 2.24) is 14.7 Å². The molecule has 1 aliphatic rings. The Morgan fingerprint density at radius 1 is 1.33 bits per heavy atom. The number of aromatic nitrogens is 2. The molecule has 1 heterocycles. The van der Waals surface area contributed by atoms with Gasteiger partial charge in [0.05, 0.1) is 17.5 Å². The van der Waals surface area contributed by atoms with Crippen molar-refractivity contribution in [3.8, 4) is 5.69 Å². The topological polar surface area (TPSA) is 58.4 Å². The Labute approximate surface area is 142 Å². The average molecular weight is 325 g/mol. The van der Waals surface area contributed by atoms with E-state index in [0.29, 0.717) is 6.54 Å². The van der Waals surface area contributed by atoms with E-state index < -0.39 is 5.60 Å². The normalized spacial score (nSPS) is 16.6. The monoisotopic (exact) mass is 325 g/mol. The molecule has 0 saturated heterocycles. The van der Waals surface area contributed by atoms with Crippen molar-refractivity contribution < 1.29 is 9.90 Å². The van der Waals surface area contributed by atoms with Crippen molar-refractivity contribution in [1.29, 1.82) is 0 Å². The highest BCUT2D eigenvalue weighted by molar-refractivity contribution is 5.91. The number of para-hydroxylation sites is 1. The number of aliphatic hydroxyl groups is 1. The van der Waals surface area contributed by atoms with Gasteiger partial charge in [0.2, 0.25) is 5.91 Å². The predicted octanol–water partition coefficient (Wildman–Crippen LogP) is 2.65. The molecule has 1 amide bonds. The molecule has 0 unspecified atom stereocenters. The molecule has 1 N–H and O–H groups in total. The molecule has 1 fully saturated rings. The van der Waals surface area contributed by atoms with E-state index in [4.69, 9.17) is 0 Å². The lowest BCUT2D eigenvalue weighted by atomic mass is 10.0. The van der Waals surface area contributed by atoms with Gasteiger partial charge < -0.3 is 10.0 Å². The number of carbonyl (C=O) groups is 1. The van der Waals surface area contributed by atoms with Crippen LogP contribution < -0.4 is 0 Å². The summed E-state index contributed by atoms with van der Waals surface area (Å²) in [6.07, 6.45) is 10.5. The van der Waals surface area contributed by atoms with Crippen LogP contribution in [0.25, 0.3) is 11.8 Å². The van der Waals surface area contributed by atoms with Gasteiger partial charge in [-0.25, -0.2) is 4.68 Å². The highest BCUT2D eigenvalue weighted by Crippen LogP contribution is 2.29. The van der Waals surface area contributed by atoms with Gasteiger partial charge >= 0.3 is 0 Å². The summed E-state index contributed by atoms with van der Waals surface area (Å²) in [5.41, 5.74) is 1.13. The summed E-state index contributed by atoms with van der Waals surface area (Å²) in [4.78, 5) is 13.8. The Morgan fingerprint density at radius 3 is 2.75 bits per heavy atom. The zero-order chi connectivity index (χ0) is 17.0. The van der Waals surface area contributed by atoms with Gasteiger partial charge in [-0.15, -0.1) is 0 Å². The maximum atomic E-state index is 12.2. The van der Waals surface area contributed by atoms with E-state index >= 15 is 0 Å². The first-order valence-electron chi connectivity index (χ1n) is 8.31. The van der Waals surface area contributed by atoms with Crippen LogP contribution in [0.1, 0.15) is 31.2 Å². The van der Waals surface area contributed by atoms with Gasteiger partial charge in [0.15, 0.2) is 0 Å². The third kappa shape index (κ3) is 3.92. The molecular weight excluding hydrogens is 302 g/mol. The number of carbonyl (C=O) groups excluding carboxylic acids is 1. The molecule has 0 radical (unpaired) electrons. The Kier molecular flexibility index (Phi) is 4.81. The molecule has 126 valence electrons. The number of hydrogen-bond donors (Lipinski definition) is 1. The molecule has 24 heavy (non-hydrogen) atoms. The van der Waals surface area contributed by atoms with Gasteiger partial charge in [0.1, 0.15) is 0 Å². The van der Waals surface area contributed by atoms with Crippen molar-refractivity contribution in [3.05, 3.63) is 54.4 Å². The molecule has 0 bridgehead atoms. The van der Waals surface area contributed by atoms with Gasteiger partial charge in [0.25, 0.3) is 0 Å². The van der Waals surface area contributed by atoms with E-state index in [1.807, 2.05) is 36.5 Å². The number of benzene rings is 1. The van der Waals surface area contributed by atoms with Crippen LogP contribution in [0.4, 0.5) is 0 Å². The first-order chi connectivity index (χ1) is 11.6. The second kappa shape index (κ2) is 7.01. The second-order valence-electron chi connectivity index (χ2n) is 6.51. The molecule has 0 aliphatic heterocycles. The minimum absolute atomic E-state index is 0.109. The number of likely N-dealkylation sites (N-methyl/N-ethyl adjacent to an activating group) is 1. The van der Waals surface area contributed by atoms with Crippen molar-refractivity contribution in [2.45, 2.75) is 31.3 Å². The van der Waals surface area contributed by atoms with Crippen LogP contribution in [-0.4, -0.2) is 44.9 Å². The molecule has 5 heteroatoms. The van der Waals surface area contributed by atoms with E-state index in [2.05, 4.69) is 5.10 Å². The van der Waals surface area contributed by atoms with Crippen LogP contribution >= 0.6 is 0 Å². The first kappa shape index (κ1) is 16.5. The van der Waals surface area contributed by atoms with Crippen molar-refractivity contribution >= 4 is 12.0 Å². The maximum Gasteiger partial charge on any atom is 0.246 e. The van der Waals surface area contributed by atoms with E-state index in [9.17, 15) is 9.90 Å². The van der Waals surface area contributed by atoms with Gasteiger partial charge in [0, 0.05) is 31.4 Å². The van der Waals surface area contributed by atoms with Crippen molar-refractivity contribution in [2.24, 2.45) is 0 Å². The molecule has 1 aromatic heterocycles. The van der Waals surface area contributed by atoms with Crippen LogP contribution in [0, 0.1) is 0 Å². The molecule has 5 nitrogen and oxygen atoms in total. The fourth-order valence-corrected chi connectivity index (χ4v) is 3.15. The number of hydrogen-bond acceptors (Lipinski definition) is 3. The highest BCUT2D eigenvalue weighted by atomic mass is 16.3. The SMILES string of the molecule is CN(CC1(O)CCCC1)C(=O)/C=C/c1cnn(-c2ccccc2)c1. The van der Waals surface area contributed by atoms with E-state index in [-0.39, 0.29) is 5.91 Å². The van der Waals surface area contributed by atoms with Gasteiger partial charge in [-0.2, -0.15) is 5.10 Å². The molecule has 0 atom stereocenters. The Balaban J connectivity index is 1.61. The fourth-order valence-electron chi connectivity index (χ4n) is 3.15. The Morgan fingerprint density at radius 2 is 2.04 bits per heavy atom. The van der Waals surface area contributed by atoms with Crippen LogP contribution in [-0.2, 0) is 4.79 Å². The number of rotatable bonds is 5. The van der Waals surface area contributed by atoms with Gasteiger partial charge in [-0.3, -0.25) is 4.79 Å². The lowest BCUT2D eigenvalue weighted by molar-refractivity contribution is -0.127. The average Bonchev–Trinajstić information content (AvgIpc) is 3.22. The van der Waals surface area contributed by atoms with Gasteiger partial charge in [-0.05, 0) is 31.1 Å². The zero-order valence-electron chi connectivity index (χ0n) is 13.9. The number of nitrogens with zero attached hydrogens (tertiary/aromatic N) is 3. The first-order valence-corrected chi connectivity index (χ1v) is 8.31. The standard InChI is InChI=1S/C19H23N3O2/c1-21(15-19(24)11-5-6-12-19)18(23)10-9-16-13-20-22(14-16)17-7-3-2-4-8-17/h2-4,7-10,13-14,24H,5-6,11-12,15H2,1H3/b10-9+. The molecular formula is C19H23N3O2. The summed E-state index contributed by atoms with van der Waals surface area (Å²) in [6, 6.07) is 9.82. The fraction of sp³-hybridized carbons (Fsp3) is 0.368. The molecule has 0 spiro atoms. The highest BCUT2D eigenvalue weighted by Gasteiger charge is 2.32. The van der Waals surface area contributed by atoms with Crippen molar-refractivity contribution in [2.75, 3.05) is 13.6 Å². The second-order valence-corrected chi connectivity index (χ2v) is 6.51. The van der Waals surface area contributed by atoms with Crippen molar-refractivity contribution in [3.63, 3.8) is 0 Å². The quantitative estimate of drug-likeness (QED) is 0.860. The lowest BCUT2D eigenvalue weighted by Crippen LogP contribution is -2.41. The number of amides is 1. The third-order valence-electron chi connectivity index (χ3n) is 4.48. The molecule has 1 saturated carbocycles. The van der Waals surface area contributed by atoms with E-state index in [1.54, 1.807) is 28.9 Å². The van der Waals surface area contributed by atoms with E-state index in [0.717, 1.165) is 36.9 Å². The summed E-state index contributed by atoms with van der Waals surface area (Å²) >= 11 is 0. The summed E-state index contributed by atoms with van der Waals surface area (Å²) < 4.78 is 1.77. The summed E-state index contributed by atoms with van der Waals surface area (Å²) in [7, 11) is 1.73. The molecule has 3 rings (SSSR count). The summed E-state index contributed by atoms with van der Waals surface area (Å²) in [6.45, 7) is 0.388. The van der Waals surface area contributed by atoms with Crippen LogP contribution in [0.15, 0.2) is 48.8 Å². The molecule has 1 aliphatic carbocycles. The molecule has 1 aromatic carbocycles. The zero-order valence-corrected chi connectivity index (χ0v) is 13.9. The Hall–Kier alpha value is -2.40. The van der Waals surface area contributed by atoms with E-state index in [1.165, 1.54) is 6.08 Å². The minimum Gasteiger partial charge on any atom is -0.388 e. The third-order valence-corrected chi connectivity index (χ3v) is 4.48. The van der Waals surface area contributed by atoms with Crippen LogP contribution in [0.5, 0.6) is 0 Å². The molecule has 2 aromatic rings. The summed E-state index contributed by atoms with van der Waals surface area (Å²) in [5.74, 6) is -0.109. The summed E-state index contributed by atoms with van der Waals surface area (Å²) in [5, 5.41) is 14.7. The lowest BCUT2D eigenvalue weighted by Gasteiger charge is -2.27. The van der Waals surface area contributed by atoms with Crippen LogP contribution in [0.3, 0.4) is 0 Å². The predicted molar refractivity (Wildman–Crippen MR) is 93.7 cm³/mol. The Bertz CT molecular complexity index is 715. The smallest absolute Gasteiger partial charge is 0.246 e.